The van der Waals surface area contributed by atoms with Crippen molar-refractivity contribution in [2.75, 3.05) is 5.32 Å². The Morgan fingerprint density at radius 1 is 1.28 bits per heavy atom. The van der Waals surface area contributed by atoms with E-state index in [-0.39, 0.29) is 11.7 Å². The van der Waals surface area contributed by atoms with Crippen LogP contribution < -0.4 is 5.32 Å². The van der Waals surface area contributed by atoms with Gasteiger partial charge in [0.25, 0.3) is 5.69 Å². The standard InChI is InChI=1S/C12H11BrN2O2S/c1-8(11-6-7-12(13)18-11)14-9-2-4-10(5-3-9)15(16)17/h2-8,14H,1H3. The molecule has 0 amide bonds. The van der Waals surface area contributed by atoms with E-state index in [1.165, 1.54) is 17.0 Å². The van der Waals surface area contributed by atoms with Gasteiger partial charge in [0, 0.05) is 22.7 Å². The molecule has 0 aliphatic rings. The van der Waals surface area contributed by atoms with Crippen LogP contribution in [0.25, 0.3) is 0 Å². The number of halogens is 1. The number of hydrogen-bond donors (Lipinski definition) is 1. The summed E-state index contributed by atoms with van der Waals surface area (Å²) < 4.78 is 1.09. The summed E-state index contributed by atoms with van der Waals surface area (Å²) in [5.41, 5.74) is 0.977. The van der Waals surface area contributed by atoms with Crippen molar-refractivity contribution in [2.45, 2.75) is 13.0 Å². The second kappa shape index (κ2) is 5.49. The number of rotatable bonds is 4. The molecule has 0 radical (unpaired) electrons. The molecular formula is C12H11BrN2O2S. The zero-order valence-electron chi connectivity index (χ0n) is 9.59. The molecule has 2 aromatic rings. The molecular weight excluding hydrogens is 316 g/mol. The third-order valence-corrected chi connectivity index (χ3v) is 4.29. The maximum Gasteiger partial charge on any atom is 0.269 e. The first-order valence-corrected chi connectivity index (χ1v) is 6.93. The Balaban J connectivity index is 2.07. The molecule has 0 saturated carbocycles. The molecule has 0 saturated heterocycles. The zero-order chi connectivity index (χ0) is 13.1. The molecule has 0 aliphatic carbocycles. The fourth-order valence-corrected chi connectivity index (χ4v) is 2.99. The first kappa shape index (κ1) is 13.0. The second-order valence-corrected chi connectivity index (χ2v) is 6.31. The molecule has 0 fully saturated rings. The molecule has 0 bridgehead atoms. The lowest BCUT2D eigenvalue weighted by atomic mass is 10.2. The average molecular weight is 327 g/mol. The molecule has 1 aromatic heterocycles. The zero-order valence-corrected chi connectivity index (χ0v) is 12.0. The van der Waals surface area contributed by atoms with Crippen LogP contribution in [-0.4, -0.2) is 4.92 Å². The van der Waals surface area contributed by atoms with Crippen molar-refractivity contribution < 1.29 is 4.92 Å². The van der Waals surface area contributed by atoms with Crippen molar-refractivity contribution in [3.8, 4) is 0 Å². The topological polar surface area (TPSA) is 55.2 Å². The average Bonchev–Trinajstić information content (AvgIpc) is 2.76. The van der Waals surface area contributed by atoms with Crippen molar-refractivity contribution in [3.05, 3.63) is 55.2 Å². The number of anilines is 1. The second-order valence-electron chi connectivity index (χ2n) is 3.81. The molecule has 18 heavy (non-hydrogen) atoms. The van der Waals surface area contributed by atoms with Crippen LogP contribution in [0.5, 0.6) is 0 Å². The summed E-state index contributed by atoms with van der Waals surface area (Å²) in [4.78, 5) is 11.3. The predicted octanol–water partition coefficient (Wildman–Crippen LogP) is 4.59. The van der Waals surface area contributed by atoms with Crippen molar-refractivity contribution in [2.24, 2.45) is 0 Å². The van der Waals surface area contributed by atoms with Crippen LogP contribution in [0, 0.1) is 10.1 Å². The van der Waals surface area contributed by atoms with E-state index in [4.69, 9.17) is 0 Å². The molecule has 1 N–H and O–H groups in total. The third kappa shape index (κ3) is 3.08. The van der Waals surface area contributed by atoms with Crippen LogP contribution in [0.1, 0.15) is 17.8 Å². The van der Waals surface area contributed by atoms with E-state index in [0.29, 0.717) is 0 Å². The van der Waals surface area contributed by atoms with Crippen molar-refractivity contribution >= 4 is 38.6 Å². The maximum absolute atomic E-state index is 10.5. The minimum absolute atomic E-state index is 0.104. The molecule has 0 aliphatic heterocycles. The molecule has 1 aromatic carbocycles. The maximum atomic E-state index is 10.5. The van der Waals surface area contributed by atoms with E-state index in [1.807, 2.05) is 6.07 Å². The monoisotopic (exact) mass is 326 g/mol. The Morgan fingerprint density at radius 3 is 2.44 bits per heavy atom. The smallest absolute Gasteiger partial charge is 0.269 e. The summed E-state index contributed by atoms with van der Waals surface area (Å²) in [6.07, 6.45) is 0. The number of thiophene rings is 1. The first-order valence-electron chi connectivity index (χ1n) is 5.32. The van der Waals surface area contributed by atoms with Gasteiger partial charge in [-0.15, -0.1) is 11.3 Å². The lowest BCUT2D eigenvalue weighted by Gasteiger charge is -2.13. The van der Waals surface area contributed by atoms with E-state index in [1.54, 1.807) is 23.5 Å². The molecule has 94 valence electrons. The van der Waals surface area contributed by atoms with Gasteiger partial charge in [-0.3, -0.25) is 10.1 Å². The highest BCUT2D eigenvalue weighted by Crippen LogP contribution is 2.29. The normalized spacial score (nSPS) is 12.1. The van der Waals surface area contributed by atoms with Crippen LogP contribution in [0.4, 0.5) is 11.4 Å². The van der Waals surface area contributed by atoms with Gasteiger partial charge in [-0.05, 0) is 47.1 Å². The van der Waals surface area contributed by atoms with Gasteiger partial charge in [0.15, 0.2) is 0 Å². The number of non-ortho nitro benzene ring substituents is 1. The van der Waals surface area contributed by atoms with E-state index in [2.05, 4.69) is 34.2 Å². The molecule has 1 unspecified atom stereocenters. The highest BCUT2D eigenvalue weighted by Gasteiger charge is 2.09. The molecule has 2 rings (SSSR count). The van der Waals surface area contributed by atoms with Gasteiger partial charge in [0.2, 0.25) is 0 Å². The van der Waals surface area contributed by atoms with Gasteiger partial charge in [0.05, 0.1) is 14.8 Å². The summed E-state index contributed by atoms with van der Waals surface area (Å²) >= 11 is 5.10. The lowest BCUT2D eigenvalue weighted by Crippen LogP contribution is -2.04. The van der Waals surface area contributed by atoms with E-state index >= 15 is 0 Å². The van der Waals surface area contributed by atoms with E-state index < -0.39 is 4.92 Å². The third-order valence-electron chi connectivity index (χ3n) is 2.48. The van der Waals surface area contributed by atoms with Crippen molar-refractivity contribution in [1.29, 1.82) is 0 Å². The van der Waals surface area contributed by atoms with Crippen LogP contribution in [0.2, 0.25) is 0 Å². The van der Waals surface area contributed by atoms with Crippen LogP contribution in [-0.2, 0) is 0 Å². The SMILES string of the molecule is CC(Nc1ccc([N+](=O)[O-])cc1)c1ccc(Br)s1. The van der Waals surface area contributed by atoms with E-state index in [0.717, 1.165) is 9.47 Å². The van der Waals surface area contributed by atoms with Crippen molar-refractivity contribution in [1.82, 2.24) is 0 Å². The van der Waals surface area contributed by atoms with E-state index in [9.17, 15) is 10.1 Å². The number of nitro groups is 1. The number of nitrogens with one attached hydrogen (secondary N) is 1. The molecule has 1 heterocycles. The van der Waals surface area contributed by atoms with Gasteiger partial charge in [-0.1, -0.05) is 0 Å². The summed E-state index contributed by atoms with van der Waals surface area (Å²) in [5, 5.41) is 13.8. The van der Waals surface area contributed by atoms with Crippen LogP contribution in [0.3, 0.4) is 0 Å². The van der Waals surface area contributed by atoms with Crippen LogP contribution in [0.15, 0.2) is 40.2 Å². The minimum Gasteiger partial charge on any atom is -0.378 e. The Bertz CT molecular complexity index is 553. The van der Waals surface area contributed by atoms with Gasteiger partial charge in [0.1, 0.15) is 0 Å². The summed E-state index contributed by atoms with van der Waals surface area (Å²) in [6.45, 7) is 2.06. The van der Waals surface area contributed by atoms with Gasteiger partial charge < -0.3 is 5.32 Å². The Kier molecular flexibility index (Phi) is 3.98. The fraction of sp³-hybridized carbons (Fsp3) is 0.167. The number of nitrogens with zero attached hydrogens (tertiary/aromatic N) is 1. The molecule has 6 heteroatoms. The highest BCUT2D eigenvalue weighted by molar-refractivity contribution is 9.11. The molecule has 0 spiro atoms. The predicted molar refractivity (Wildman–Crippen MR) is 77.2 cm³/mol. The van der Waals surface area contributed by atoms with Crippen LogP contribution >= 0.6 is 27.3 Å². The Hall–Kier alpha value is -1.40. The first-order chi connectivity index (χ1) is 8.56. The number of hydrogen-bond acceptors (Lipinski definition) is 4. The molecule has 4 nitrogen and oxygen atoms in total. The fourth-order valence-electron chi connectivity index (χ4n) is 1.56. The summed E-state index contributed by atoms with van der Waals surface area (Å²) in [7, 11) is 0. The quantitative estimate of drug-likeness (QED) is 0.660. The largest absolute Gasteiger partial charge is 0.378 e. The van der Waals surface area contributed by atoms with Gasteiger partial charge >= 0.3 is 0 Å². The minimum atomic E-state index is -0.399. The Labute approximate surface area is 117 Å². The number of nitro benzene ring substituents is 1. The lowest BCUT2D eigenvalue weighted by molar-refractivity contribution is -0.384. The highest BCUT2D eigenvalue weighted by atomic mass is 79.9. The summed E-state index contributed by atoms with van der Waals surface area (Å²) in [5.74, 6) is 0. The van der Waals surface area contributed by atoms with Gasteiger partial charge in [-0.2, -0.15) is 0 Å². The molecule has 1 atom stereocenters. The summed E-state index contributed by atoms with van der Waals surface area (Å²) in [6, 6.07) is 10.7. The number of benzene rings is 1. The van der Waals surface area contributed by atoms with Gasteiger partial charge in [-0.25, -0.2) is 0 Å². The Morgan fingerprint density at radius 2 is 1.94 bits per heavy atom. The van der Waals surface area contributed by atoms with Crippen molar-refractivity contribution in [3.63, 3.8) is 0 Å².